The highest BCUT2D eigenvalue weighted by Gasteiger charge is 2.36. The monoisotopic (exact) mass is 771 g/mol. The molecule has 4 rings (SSSR count). The van der Waals surface area contributed by atoms with E-state index in [-0.39, 0.29) is 40.1 Å². The molecule has 0 aromatic heterocycles. The van der Waals surface area contributed by atoms with Crippen molar-refractivity contribution in [1.82, 2.24) is 10.2 Å². The van der Waals surface area contributed by atoms with Crippen LogP contribution in [0.4, 0.5) is 5.69 Å². The fourth-order valence-corrected chi connectivity index (χ4v) is 7.40. The SMILES string of the molecule is CCCCNC(=O)[C@H](Cc1ccccc1)N(Cc1ccc(Cl)cc1Cl)C(=O)CN(c1cc(OC)ccc1OC)S(=O)(=O)c1ccc(OC)c(OC)c1. The summed E-state index contributed by atoms with van der Waals surface area (Å²) in [5.41, 5.74) is 1.33. The van der Waals surface area contributed by atoms with Gasteiger partial charge in [-0.3, -0.25) is 13.9 Å². The molecule has 14 heteroatoms. The first-order valence-electron chi connectivity index (χ1n) is 16.5. The standard InChI is InChI=1S/C38H43Cl2N3O8S/c1-6-7-19-41-38(45)33(20-26-11-9-8-10-12-26)42(24-27-13-14-28(39)21-31(27)40)37(44)25-43(32-22-29(48-2)15-17-34(32)49-3)52(46,47)30-16-18-35(50-4)36(23-30)51-5/h8-18,21-23,33H,6-7,19-20,24-25H2,1-5H3,(H,41,45)/t33-/m0/s1. The van der Waals surface area contributed by atoms with Crippen LogP contribution in [0.1, 0.15) is 30.9 Å². The van der Waals surface area contributed by atoms with E-state index in [0.717, 1.165) is 22.7 Å². The predicted octanol–water partition coefficient (Wildman–Crippen LogP) is 6.78. The predicted molar refractivity (Wildman–Crippen MR) is 202 cm³/mol. The minimum absolute atomic E-state index is 0.0291. The van der Waals surface area contributed by atoms with Crippen molar-refractivity contribution >= 4 is 50.7 Å². The molecule has 0 bridgehead atoms. The Morgan fingerprint density at radius 2 is 1.50 bits per heavy atom. The Balaban J connectivity index is 1.90. The zero-order valence-corrected chi connectivity index (χ0v) is 32.1. The van der Waals surface area contributed by atoms with Gasteiger partial charge in [-0.1, -0.05) is 72.9 Å². The number of methoxy groups -OCH3 is 4. The van der Waals surface area contributed by atoms with Gasteiger partial charge < -0.3 is 29.2 Å². The van der Waals surface area contributed by atoms with E-state index in [1.807, 2.05) is 37.3 Å². The van der Waals surface area contributed by atoms with Crippen molar-refractivity contribution < 1.29 is 37.0 Å². The summed E-state index contributed by atoms with van der Waals surface area (Å²) in [6.07, 6.45) is 1.71. The van der Waals surface area contributed by atoms with E-state index < -0.39 is 34.4 Å². The lowest BCUT2D eigenvalue weighted by atomic mass is 10.0. The van der Waals surface area contributed by atoms with Gasteiger partial charge in [-0.05, 0) is 53.9 Å². The minimum Gasteiger partial charge on any atom is -0.497 e. The molecule has 2 amide bonds. The van der Waals surface area contributed by atoms with Crippen LogP contribution < -0.4 is 28.6 Å². The molecule has 0 aliphatic carbocycles. The summed E-state index contributed by atoms with van der Waals surface area (Å²) in [5.74, 6) is -0.138. The molecule has 0 spiro atoms. The smallest absolute Gasteiger partial charge is 0.265 e. The molecule has 0 unspecified atom stereocenters. The van der Waals surface area contributed by atoms with E-state index in [9.17, 15) is 18.0 Å². The Morgan fingerprint density at radius 3 is 2.13 bits per heavy atom. The van der Waals surface area contributed by atoms with E-state index in [4.69, 9.17) is 42.1 Å². The van der Waals surface area contributed by atoms with Gasteiger partial charge in [0.1, 0.15) is 24.1 Å². The summed E-state index contributed by atoms with van der Waals surface area (Å²) in [6, 6.07) is 21.8. The van der Waals surface area contributed by atoms with E-state index in [1.165, 1.54) is 57.6 Å². The van der Waals surface area contributed by atoms with Crippen molar-refractivity contribution in [3.05, 3.63) is 106 Å². The molecule has 0 aliphatic heterocycles. The molecule has 0 aliphatic rings. The van der Waals surface area contributed by atoms with Crippen molar-refractivity contribution in [2.24, 2.45) is 0 Å². The summed E-state index contributed by atoms with van der Waals surface area (Å²) in [6.45, 7) is 1.53. The number of amides is 2. The van der Waals surface area contributed by atoms with Gasteiger partial charge in [0.15, 0.2) is 11.5 Å². The molecule has 0 saturated heterocycles. The molecule has 1 atom stereocenters. The van der Waals surface area contributed by atoms with Crippen LogP contribution in [0.2, 0.25) is 10.0 Å². The van der Waals surface area contributed by atoms with Crippen LogP contribution >= 0.6 is 23.2 Å². The number of hydrogen-bond donors (Lipinski definition) is 1. The minimum atomic E-state index is -4.54. The second-order valence-corrected chi connectivity index (χ2v) is 14.4. The highest BCUT2D eigenvalue weighted by Crippen LogP contribution is 2.38. The van der Waals surface area contributed by atoms with E-state index >= 15 is 0 Å². The van der Waals surface area contributed by atoms with Crippen LogP contribution in [0.15, 0.2) is 89.8 Å². The van der Waals surface area contributed by atoms with Gasteiger partial charge in [0.2, 0.25) is 11.8 Å². The molecule has 11 nitrogen and oxygen atoms in total. The Labute approximate surface area is 315 Å². The van der Waals surface area contributed by atoms with Crippen molar-refractivity contribution in [1.29, 1.82) is 0 Å². The Morgan fingerprint density at radius 1 is 0.808 bits per heavy atom. The lowest BCUT2D eigenvalue weighted by molar-refractivity contribution is -0.140. The van der Waals surface area contributed by atoms with E-state index in [1.54, 1.807) is 30.3 Å². The molecular formula is C38H43Cl2N3O8S. The largest absolute Gasteiger partial charge is 0.497 e. The number of carbonyl (C=O) groups excluding carboxylic acids is 2. The number of carbonyl (C=O) groups is 2. The molecule has 52 heavy (non-hydrogen) atoms. The van der Waals surface area contributed by atoms with Crippen molar-refractivity contribution in [3.63, 3.8) is 0 Å². The number of halogens is 2. The van der Waals surface area contributed by atoms with Crippen LogP contribution in [-0.2, 0) is 32.6 Å². The van der Waals surface area contributed by atoms with Gasteiger partial charge >= 0.3 is 0 Å². The number of benzene rings is 4. The molecular weight excluding hydrogens is 729 g/mol. The molecule has 4 aromatic carbocycles. The second-order valence-electron chi connectivity index (χ2n) is 11.7. The maximum atomic E-state index is 14.9. The third-order valence-corrected chi connectivity index (χ3v) is 10.7. The number of hydrogen-bond acceptors (Lipinski definition) is 8. The molecule has 0 fully saturated rings. The van der Waals surface area contributed by atoms with Crippen molar-refractivity contribution in [3.8, 4) is 23.0 Å². The van der Waals surface area contributed by atoms with Gasteiger partial charge in [0, 0.05) is 41.7 Å². The number of anilines is 1. The van der Waals surface area contributed by atoms with Gasteiger partial charge in [-0.25, -0.2) is 8.42 Å². The fourth-order valence-electron chi connectivity index (χ4n) is 5.50. The average molecular weight is 773 g/mol. The second kappa shape index (κ2) is 18.7. The number of nitrogens with zero attached hydrogens (tertiary/aromatic N) is 2. The van der Waals surface area contributed by atoms with Gasteiger partial charge in [-0.15, -0.1) is 0 Å². The topological polar surface area (TPSA) is 124 Å². The molecule has 4 aromatic rings. The van der Waals surface area contributed by atoms with Crippen LogP contribution in [0.5, 0.6) is 23.0 Å². The molecule has 0 saturated carbocycles. The van der Waals surface area contributed by atoms with Crippen molar-refractivity contribution in [2.45, 2.75) is 43.7 Å². The summed E-state index contributed by atoms with van der Waals surface area (Å²) < 4.78 is 52.1. The fraction of sp³-hybridized carbons (Fsp3) is 0.316. The highest BCUT2D eigenvalue weighted by atomic mass is 35.5. The molecule has 1 N–H and O–H groups in total. The first-order valence-corrected chi connectivity index (χ1v) is 18.7. The molecule has 0 radical (unpaired) electrons. The van der Waals surface area contributed by atoms with E-state index in [2.05, 4.69) is 5.32 Å². The molecule has 278 valence electrons. The quantitative estimate of drug-likeness (QED) is 0.110. The van der Waals surface area contributed by atoms with Crippen LogP contribution in [0, 0.1) is 0 Å². The Bertz CT molecular complexity index is 1950. The van der Waals surface area contributed by atoms with Gasteiger partial charge in [0.05, 0.1) is 39.0 Å². The van der Waals surface area contributed by atoms with Crippen LogP contribution in [-0.4, -0.2) is 72.7 Å². The zero-order valence-electron chi connectivity index (χ0n) is 29.7. The first-order chi connectivity index (χ1) is 25.0. The lowest BCUT2D eigenvalue weighted by Crippen LogP contribution is -2.53. The van der Waals surface area contributed by atoms with Crippen LogP contribution in [0.25, 0.3) is 0 Å². The van der Waals surface area contributed by atoms with Crippen LogP contribution in [0.3, 0.4) is 0 Å². The lowest BCUT2D eigenvalue weighted by Gasteiger charge is -2.34. The zero-order chi connectivity index (χ0) is 37.8. The van der Waals surface area contributed by atoms with Gasteiger partial charge in [0.25, 0.3) is 10.0 Å². The highest BCUT2D eigenvalue weighted by molar-refractivity contribution is 7.92. The number of unbranched alkanes of at least 4 members (excludes halogenated alkanes) is 1. The third-order valence-electron chi connectivity index (χ3n) is 8.33. The number of nitrogens with one attached hydrogen (secondary N) is 1. The summed E-state index contributed by atoms with van der Waals surface area (Å²) in [7, 11) is 1.11. The Kier molecular flexibility index (Phi) is 14.4. The normalized spacial score (nSPS) is 11.7. The van der Waals surface area contributed by atoms with Crippen molar-refractivity contribution in [2.75, 3.05) is 45.8 Å². The molecule has 0 heterocycles. The average Bonchev–Trinajstić information content (AvgIpc) is 3.15. The maximum absolute atomic E-state index is 14.9. The summed E-state index contributed by atoms with van der Waals surface area (Å²) >= 11 is 12.8. The summed E-state index contributed by atoms with van der Waals surface area (Å²) in [4.78, 5) is 30.1. The Hall–Kier alpha value is -4.65. The maximum Gasteiger partial charge on any atom is 0.265 e. The summed E-state index contributed by atoms with van der Waals surface area (Å²) in [5, 5.41) is 3.63. The van der Waals surface area contributed by atoms with E-state index in [0.29, 0.717) is 28.6 Å². The number of sulfonamides is 1. The van der Waals surface area contributed by atoms with Gasteiger partial charge in [-0.2, -0.15) is 0 Å². The third kappa shape index (κ3) is 9.81. The number of ether oxygens (including phenoxy) is 4. The number of rotatable bonds is 18. The first kappa shape index (κ1) is 40.1.